The Bertz CT molecular complexity index is 1050. The van der Waals surface area contributed by atoms with Crippen molar-refractivity contribution in [2.24, 2.45) is 0 Å². The van der Waals surface area contributed by atoms with Gasteiger partial charge in [-0.2, -0.15) is 0 Å². The number of rotatable bonds is 7. The van der Waals surface area contributed by atoms with Crippen LogP contribution in [0.5, 0.6) is 5.75 Å². The smallest absolute Gasteiger partial charge is 0.273 e. The molecule has 0 aliphatic carbocycles. The van der Waals surface area contributed by atoms with E-state index in [-0.39, 0.29) is 11.6 Å². The van der Waals surface area contributed by atoms with Gasteiger partial charge in [-0.15, -0.1) is 0 Å². The molecule has 2 aromatic heterocycles. The minimum atomic E-state index is -0.281. The Morgan fingerprint density at radius 3 is 2.79 bits per heavy atom. The molecule has 0 saturated carbocycles. The minimum absolute atomic E-state index is 0.244. The van der Waals surface area contributed by atoms with Crippen molar-refractivity contribution in [2.75, 3.05) is 13.2 Å². The van der Waals surface area contributed by atoms with Crippen molar-refractivity contribution in [3.8, 4) is 17.1 Å². The summed E-state index contributed by atoms with van der Waals surface area (Å²) < 4.78 is 10.7. The number of hydrogen-bond donors (Lipinski definition) is 2. The van der Waals surface area contributed by atoms with Crippen LogP contribution in [-0.4, -0.2) is 34.2 Å². The summed E-state index contributed by atoms with van der Waals surface area (Å²) >= 11 is 0. The van der Waals surface area contributed by atoms with Gasteiger partial charge in [0, 0.05) is 24.6 Å². The maximum atomic E-state index is 12.3. The Balaban J connectivity index is 1.35. The molecule has 0 saturated heterocycles. The van der Waals surface area contributed by atoms with Crippen LogP contribution in [0.3, 0.4) is 0 Å². The first-order valence-corrected chi connectivity index (χ1v) is 9.14. The highest BCUT2D eigenvalue weighted by atomic mass is 16.5. The molecule has 2 N–H and O–H groups in total. The molecule has 0 fully saturated rings. The van der Waals surface area contributed by atoms with Crippen molar-refractivity contribution < 1.29 is 14.1 Å². The highest BCUT2D eigenvalue weighted by Gasteiger charge is 2.14. The summed E-state index contributed by atoms with van der Waals surface area (Å²) in [6, 6.07) is 16.9. The molecule has 142 valence electrons. The Labute approximate surface area is 161 Å². The first kappa shape index (κ1) is 17.8. The highest BCUT2D eigenvalue weighted by molar-refractivity contribution is 5.93. The van der Waals surface area contributed by atoms with Gasteiger partial charge in [-0.3, -0.25) is 4.79 Å². The molecule has 7 nitrogen and oxygen atoms in total. The van der Waals surface area contributed by atoms with Crippen LogP contribution in [0.15, 0.2) is 59.1 Å². The molecule has 0 radical (unpaired) electrons. The fourth-order valence-electron chi connectivity index (χ4n) is 2.91. The highest BCUT2D eigenvalue weighted by Crippen LogP contribution is 2.23. The molecule has 0 atom stereocenters. The summed E-state index contributed by atoms with van der Waals surface area (Å²) in [5, 5.41) is 6.71. The second kappa shape index (κ2) is 7.96. The lowest BCUT2D eigenvalue weighted by molar-refractivity contribution is 0.0945. The molecule has 0 spiro atoms. The predicted molar refractivity (Wildman–Crippen MR) is 105 cm³/mol. The summed E-state index contributed by atoms with van der Waals surface area (Å²) in [7, 11) is 0. The van der Waals surface area contributed by atoms with Gasteiger partial charge in [-0.25, -0.2) is 4.98 Å². The lowest BCUT2D eigenvalue weighted by Crippen LogP contribution is -2.26. The van der Waals surface area contributed by atoms with E-state index in [9.17, 15) is 4.79 Å². The molecule has 4 rings (SSSR count). The number of H-pyrrole nitrogens is 1. The predicted octanol–water partition coefficient (Wildman–Crippen LogP) is 3.59. The number of aromatic nitrogens is 3. The SMILES string of the molecule is CCOc1ccc(-c2cc(C(=O)NCCc3nc4ccccc4[nH]3)no2)cc1. The average Bonchev–Trinajstić information content (AvgIpc) is 3.36. The molecular formula is C21H20N4O3. The molecule has 28 heavy (non-hydrogen) atoms. The van der Waals surface area contributed by atoms with E-state index in [0.717, 1.165) is 28.2 Å². The number of aromatic amines is 1. The number of nitrogens with zero attached hydrogens (tertiary/aromatic N) is 2. The number of para-hydroxylation sites is 2. The second-order valence-corrected chi connectivity index (χ2v) is 6.24. The molecule has 2 aromatic carbocycles. The average molecular weight is 376 g/mol. The topological polar surface area (TPSA) is 93.0 Å². The fourth-order valence-corrected chi connectivity index (χ4v) is 2.91. The Kier molecular flexibility index (Phi) is 5.05. The van der Waals surface area contributed by atoms with Gasteiger partial charge >= 0.3 is 0 Å². The van der Waals surface area contributed by atoms with Gasteiger partial charge in [0.05, 0.1) is 17.6 Å². The van der Waals surface area contributed by atoms with Gasteiger partial charge in [0.2, 0.25) is 0 Å². The van der Waals surface area contributed by atoms with E-state index in [1.807, 2.05) is 55.5 Å². The van der Waals surface area contributed by atoms with Crippen LogP contribution in [0.2, 0.25) is 0 Å². The van der Waals surface area contributed by atoms with E-state index < -0.39 is 0 Å². The second-order valence-electron chi connectivity index (χ2n) is 6.24. The number of fused-ring (bicyclic) bond motifs is 1. The minimum Gasteiger partial charge on any atom is -0.494 e. The largest absolute Gasteiger partial charge is 0.494 e. The molecule has 2 heterocycles. The van der Waals surface area contributed by atoms with Gasteiger partial charge in [-0.1, -0.05) is 17.3 Å². The van der Waals surface area contributed by atoms with Crippen molar-refractivity contribution in [3.05, 3.63) is 66.1 Å². The number of amides is 1. The maximum Gasteiger partial charge on any atom is 0.273 e. The summed E-state index contributed by atoms with van der Waals surface area (Å²) in [4.78, 5) is 20.0. The van der Waals surface area contributed by atoms with Crippen LogP contribution in [0.25, 0.3) is 22.4 Å². The summed E-state index contributed by atoms with van der Waals surface area (Å²) in [6.45, 7) is 2.99. The van der Waals surface area contributed by atoms with Crippen LogP contribution >= 0.6 is 0 Å². The van der Waals surface area contributed by atoms with Crippen molar-refractivity contribution >= 4 is 16.9 Å². The van der Waals surface area contributed by atoms with Gasteiger partial charge in [0.15, 0.2) is 11.5 Å². The molecule has 0 aliphatic heterocycles. The maximum absolute atomic E-state index is 12.3. The summed E-state index contributed by atoms with van der Waals surface area (Å²) in [5.41, 5.74) is 2.98. The third-order valence-electron chi connectivity index (χ3n) is 4.28. The number of ether oxygens (including phenoxy) is 1. The number of carbonyl (C=O) groups excluding carboxylic acids is 1. The Hall–Kier alpha value is -3.61. The molecular weight excluding hydrogens is 356 g/mol. The van der Waals surface area contributed by atoms with Crippen LogP contribution in [0.4, 0.5) is 0 Å². The monoisotopic (exact) mass is 376 g/mol. The normalized spacial score (nSPS) is 10.9. The van der Waals surface area contributed by atoms with Crippen molar-refractivity contribution in [3.63, 3.8) is 0 Å². The standard InChI is InChI=1S/C21H20N4O3/c1-2-27-15-9-7-14(8-10-15)19-13-18(25-28-19)21(26)22-12-11-20-23-16-5-3-4-6-17(16)24-20/h3-10,13H,2,11-12H2,1H3,(H,22,26)(H,23,24). The van der Waals surface area contributed by atoms with Crippen LogP contribution < -0.4 is 10.1 Å². The molecule has 0 aliphatic rings. The lowest BCUT2D eigenvalue weighted by atomic mass is 10.1. The Morgan fingerprint density at radius 2 is 2.00 bits per heavy atom. The Morgan fingerprint density at radius 1 is 1.18 bits per heavy atom. The van der Waals surface area contributed by atoms with Crippen molar-refractivity contribution in [1.29, 1.82) is 0 Å². The third kappa shape index (κ3) is 3.88. The summed E-state index contributed by atoms with van der Waals surface area (Å²) in [6.07, 6.45) is 0.601. The number of hydrogen-bond acceptors (Lipinski definition) is 5. The van der Waals surface area contributed by atoms with E-state index in [2.05, 4.69) is 20.4 Å². The van der Waals surface area contributed by atoms with E-state index >= 15 is 0 Å². The van der Waals surface area contributed by atoms with E-state index in [0.29, 0.717) is 25.3 Å². The van der Waals surface area contributed by atoms with E-state index in [1.54, 1.807) is 6.07 Å². The molecule has 4 aromatic rings. The zero-order valence-corrected chi connectivity index (χ0v) is 15.4. The molecule has 7 heteroatoms. The first-order valence-electron chi connectivity index (χ1n) is 9.14. The van der Waals surface area contributed by atoms with Gasteiger partial charge in [0.25, 0.3) is 5.91 Å². The van der Waals surface area contributed by atoms with Crippen molar-refractivity contribution in [1.82, 2.24) is 20.4 Å². The van der Waals surface area contributed by atoms with Gasteiger partial charge in [-0.05, 0) is 43.3 Å². The van der Waals surface area contributed by atoms with Gasteiger partial charge < -0.3 is 19.6 Å². The first-order chi connectivity index (χ1) is 13.7. The number of carbonyl (C=O) groups is 1. The number of imidazole rings is 1. The summed E-state index contributed by atoms with van der Waals surface area (Å²) in [5.74, 6) is 1.87. The number of nitrogens with one attached hydrogen (secondary N) is 2. The zero-order valence-electron chi connectivity index (χ0n) is 15.4. The quantitative estimate of drug-likeness (QED) is 0.514. The molecule has 0 unspecified atom stereocenters. The zero-order chi connectivity index (χ0) is 19.3. The van der Waals surface area contributed by atoms with Crippen molar-refractivity contribution in [2.45, 2.75) is 13.3 Å². The van der Waals surface area contributed by atoms with Crippen LogP contribution in [-0.2, 0) is 6.42 Å². The van der Waals surface area contributed by atoms with Crippen LogP contribution in [0, 0.1) is 0 Å². The molecule has 1 amide bonds. The third-order valence-corrected chi connectivity index (χ3v) is 4.28. The lowest BCUT2D eigenvalue weighted by Gasteiger charge is -2.02. The van der Waals surface area contributed by atoms with Gasteiger partial charge in [0.1, 0.15) is 11.6 Å². The van der Waals surface area contributed by atoms with Crippen LogP contribution in [0.1, 0.15) is 23.2 Å². The number of benzene rings is 2. The molecule has 0 bridgehead atoms. The van der Waals surface area contributed by atoms with E-state index in [4.69, 9.17) is 9.26 Å². The van der Waals surface area contributed by atoms with E-state index in [1.165, 1.54) is 0 Å². The fraction of sp³-hybridized carbons (Fsp3) is 0.190.